The maximum Gasteiger partial charge on any atom is 0.306 e. The minimum Gasteiger partial charge on any atom is -0.481 e. The summed E-state index contributed by atoms with van der Waals surface area (Å²) in [6, 6.07) is 1.69. The number of rotatable bonds is 3. The molecule has 0 amide bonds. The molecule has 2 aromatic heterocycles. The summed E-state index contributed by atoms with van der Waals surface area (Å²) in [5, 5.41) is 17.1. The number of aliphatic carboxylic acids is 1. The first kappa shape index (κ1) is 13.7. The molecular formula is C14H15FN4O2. The van der Waals surface area contributed by atoms with E-state index in [-0.39, 0.29) is 12.0 Å². The Bertz CT molecular complexity index is 650. The van der Waals surface area contributed by atoms with Gasteiger partial charge in [0.05, 0.1) is 24.4 Å². The van der Waals surface area contributed by atoms with Gasteiger partial charge in [0.1, 0.15) is 5.69 Å². The Morgan fingerprint density at radius 1 is 1.33 bits per heavy atom. The summed E-state index contributed by atoms with van der Waals surface area (Å²) in [7, 11) is 0. The molecule has 7 heteroatoms. The van der Waals surface area contributed by atoms with Gasteiger partial charge in [-0.3, -0.25) is 9.78 Å². The molecule has 0 unspecified atom stereocenters. The number of nitrogens with zero attached hydrogens (tertiary/aromatic N) is 4. The average molecular weight is 290 g/mol. The van der Waals surface area contributed by atoms with Gasteiger partial charge in [0, 0.05) is 11.8 Å². The van der Waals surface area contributed by atoms with E-state index < -0.39 is 11.8 Å². The van der Waals surface area contributed by atoms with Crippen molar-refractivity contribution in [2.75, 3.05) is 0 Å². The molecule has 0 atom stereocenters. The molecule has 1 N–H and O–H groups in total. The van der Waals surface area contributed by atoms with E-state index in [0.717, 1.165) is 19.0 Å². The Hall–Kier alpha value is -2.31. The van der Waals surface area contributed by atoms with Gasteiger partial charge in [-0.25, -0.2) is 9.07 Å². The molecule has 2 aromatic rings. The van der Waals surface area contributed by atoms with E-state index in [1.54, 1.807) is 16.9 Å². The molecule has 1 aliphatic carbocycles. The summed E-state index contributed by atoms with van der Waals surface area (Å²) in [6.07, 6.45) is 7.14. The Labute approximate surface area is 120 Å². The van der Waals surface area contributed by atoms with Gasteiger partial charge in [-0.15, -0.1) is 5.10 Å². The standard InChI is InChI=1S/C14H15FN4O2/c15-12-7-16-6-5-11(12)13-8-19(18-17-13)10-3-1-9(2-4-10)14(20)21/h5-10H,1-4H2,(H,20,21). The molecule has 1 saturated carbocycles. The Balaban J connectivity index is 1.74. The van der Waals surface area contributed by atoms with Gasteiger partial charge in [0.25, 0.3) is 0 Å². The van der Waals surface area contributed by atoms with Crippen LogP contribution >= 0.6 is 0 Å². The fourth-order valence-electron chi connectivity index (χ4n) is 2.75. The van der Waals surface area contributed by atoms with Crippen molar-refractivity contribution < 1.29 is 14.3 Å². The van der Waals surface area contributed by atoms with Gasteiger partial charge < -0.3 is 5.11 Å². The zero-order valence-corrected chi connectivity index (χ0v) is 11.3. The molecule has 3 rings (SSSR count). The number of hydrogen-bond acceptors (Lipinski definition) is 4. The Kier molecular flexibility index (Phi) is 3.64. The minimum atomic E-state index is -0.730. The first-order chi connectivity index (χ1) is 10.1. The lowest BCUT2D eigenvalue weighted by molar-refractivity contribution is -0.143. The number of carboxylic acid groups (broad SMARTS) is 1. The number of hydrogen-bond donors (Lipinski definition) is 1. The minimum absolute atomic E-state index is 0.131. The third-order valence-corrected chi connectivity index (χ3v) is 3.98. The topological polar surface area (TPSA) is 80.9 Å². The zero-order chi connectivity index (χ0) is 14.8. The molecule has 0 saturated heterocycles. The molecule has 21 heavy (non-hydrogen) atoms. The maximum absolute atomic E-state index is 13.7. The highest BCUT2D eigenvalue weighted by molar-refractivity contribution is 5.70. The highest BCUT2D eigenvalue weighted by atomic mass is 19.1. The number of aromatic nitrogens is 4. The Morgan fingerprint density at radius 3 is 2.76 bits per heavy atom. The predicted molar refractivity (Wildman–Crippen MR) is 71.8 cm³/mol. The SMILES string of the molecule is O=C(O)C1CCC(n2cc(-c3ccncc3F)nn2)CC1. The lowest BCUT2D eigenvalue weighted by atomic mass is 9.86. The van der Waals surface area contributed by atoms with Crippen molar-refractivity contribution >= 4 is 5.97 Å². The van der Waals surface area contributed by atoms with Crippen LogP contribution in [0.5, 0.6) is 0 Å². The lowest BCUT2D eigenvalue weighted by Crippen LogP contribution is -2.23. The molecule has 110 valence electrons. The molecule has 1 fully saturated rings. The van der Waals surface area contributed by atoms with Crippen LogP contribution in [0.25, 0.3) is 11.3 Å². The van der Waals surface area contributed by atoms with Crippen LogP contribution in [0, 0.1) is 11.7 Å². The summed E-state index contributed by atoms with van der Waals surface area (Å²) in [6.45, 7) is 0. The quantitative estimate of drug-likeness (QED) is 0.938. The second-order valence-electron chi connectivity index (χ2n) is 5.28. The van der Waals surface area contributed by atoms with Crippen LogP contribution in [0.2, 0.25) is 0 Å². The van der Waals surface area contributed by atoms with Gasteiger partial charge in [0.2, 0.25) is 0 Å². The molecule has 6 nitrogen and oxygen atoms in total. The second kappa shape index (κ2) is 5.59. The number of carbonyl (C=O) groups is 1. The monoisotopic (exact) mass is 290 g/mol. The van der Waals surface area contributed by atoms with Gasteiger partial charge in [-0.2, -0.15) is 0 Å². The third kappa shape index (κ3) is 2.76. The fourth-order valence-corrected chi connectivity index (χ4v) is 2.75. The van der Waals surface area contributed by atoms with E-state index in [2.05, 4.69) is 15.3 Å². The van der Waals surface area contributed by atoms with Crippen molar-refractivity contribution in [2.45, 2.75) is 31.7 Å². The van der Waals surface area contributed by atoms with Crippen molar-refractivity contribution in [3.05, 3.63) is 30.5 Å². The van der Waals surface area contributed by atoms with Gasteiger partial charge >= 0.3 is 5.97 Å². The van der Waals surface area contributed by atoms with E-state index in [0.29, 0.717) is 24.1 Å². The molecular weight excluding hydrogens is 275 g/mol. The smallest absolute Gasteiger partial charge is 0.306 e. The molecule has 0 radical (unpaired) electrons. The highest BCUT2D eigenvalue weighted by Crippen LogP contribution is 2.32. The molecule has 0 aliphatic heterocycles. The van der Waals surface area contributed by atoms with Crippen LogP contribution in [0.4, 0.5) is 4.39 Å². The summed E-state index contributed by atoms with van der Waals surface area (Å²) in [4.78, 5) is 14.6. The van der Waals surface area contributed by atoms with Crippen LogP contribution in [-0.4, -0.2) is 31.1 Å². The van der Waals surface area contributed by atoms with Gasteiger partial charge in [0.15, 0.2) is 5.82 Å². The van der Waals surface area contributed by atoms with E-state index in [1.807, 2.05) is 0 Å². The van der Waals surface area contributed by atoms with E-state index in [1.165, 1.54) is 6.20 Å². The summed E-state index contributed by atoms with van der Waals surface area (Å²) in [5.74, 6) is -1.42. The molecule has 1 aliphatic rings. The first-order valence-corrected chi connectivity index (χ1v) is 6.89. The molecule has 0 aromatic carbocycles. The molecule has 0 spiro atoms. The van der Waals surface area contributed by atoms with Crippen molar-refractivity contribution in [3.63, 3.8) is 0 Å². The van der Waals surface area contributed by atoms with Crippen molar-refractivity contribution in [1.82, 2.24) is 20.0 Å². The first-order valence-electron chi connectivity index (χ1n) is 6.89. The highest BCUT2D eigenvalue weighted by Gasteiger charge is 2.27. The van der Waals surface area contributed by atoms with Crippen molar-refractivity contribution in [1.29, 1.82) is 0 Å². The fraction of sp³-hybridized carbons (Fsp3) is 0.429. The number of halogens is 1. The number of pyridine rings is 1. The average Bonchev–Trinajstić information content (AvgIpc) is 2.97. The van der Waals surface area contributed by atoms with E-state index >= 15 is 0 Å². The Morgan fingerprint density at radius 2 is 2.10 bits per heavy atom. The van der Waals surface area contributed by atoms with E-state index in [9.17, 15) is 9.18 Å². The second-order valence-corrected chi connectivity index (χ2v) is 5.28. The van der Waals surface area contributed by atoms with Crippen molar-refractivity contribution in [3.8, 4) is 11.3 Å². The van der Waals surface area contributed by atoms with E-state index in [4.69, 9.17) is 5.11 Å². The van der Waals surface area contributed by atoms with Crippen LogP contribution in [0.1, 0.15) is 31.7 Å². The molecule has 2 heterocycles. The maximum atomic E-state index is 13.7. The summed E-state index contributed by atoms with van der Waals surface area (Å²) >= 11 is 0. The molecule has 0 bridgehead atoms. The van der Waals surface area contributed by atoms with Crippen molar-refractivity contribution in [2.24, 2.45) is 5.92 Å². The zero-order valence-electron chi connectivity index (χ0n) is 11.3. The van der Waals surface area contributed by atoms with Gasteiger partial charge in [-0.05, 0) is 31.7 Å². The normalized spacial score (nSPS) is 22.1. The summed E-state index contributed by atoms with van der Waals surface area (Å²) in [5.41, 5.74) is 0.839. The van der Waals surface area contributed by atoms with Crippen LogP contribution < -0.4 is 0 Å². The lowest BCUT2D eigenvalue weighted by Gasteiger charge is -2.25. The predicted octanol–water partition coefficient (Wildman–Crippen LogP) is 2.30. The van der Waals surface area contributed by atoms with Crippen LogP contribution in [0.15, 0.2) is 24.7 Å². The summed E-state index contributed by atoms with van der Waals surface area (Å²) < 4.78 is 15.4. The largest absolute Gasteiger partial charge is 0.481 e. The van der Waals surface area contributed by atoms with Gasteiger partial charge in [-0.1, -0.05) is 5.21 Å². The van der Waals surface area contributed by atoms with Crippen LogP contribution in [0.3, 0.4) is 0 Å². The van der Waals surface area contributed by atoms with Crippen LogP contribution in [-0.2, 0) is 4.79 Å². The third-order valence-electron chi connectivity index (χ3n) is 3.98. The number of carboxylic acids is 1.